The summed E-state index contributed by atoms with van der Waals surface area (Å²) in [4.78, 5) is 9.49. The number of imidazole rings is 1. The van der Waals surface area contributed by atoms with Crippen LogP contribution in [0.25, 0.3) is 11.2 Å². The first-order chi connectivity index (χ1) is 10.4. The van der Waals surface area contributed by atoms with Crippen molar-refractivity contribution in [2.45, 2.75) is 31.7 Å². The number of aromatic nitrogens is 3. The van der Waals surface area contributed by atoms with Gasteiger partial charge in [-0.15, -0.1) is 0 Å². The lowest BCUT2D eigenvalue weighted by Crippen LogP contribution is -2.22. The van der Waals surface area contributed by atoms with Crippen LogP contribution in [0.3, 0.4) is 0 Å². The zero-order chi connectivity index (χ0) is 14.1. The number of hydrogen-bond donors (Lipinski definition) is 0. The Labute approximate surface area is 129 Å². The molecule has 2 unspecified atom stereocenters. The third kappa shape index (κ3) is 2.69. The van der Waals surface area contributed by atoms with Crippen molar-refractivity contribution in [1.29, 1.82) is 0 Å². The minimum Gasteiger partial charge on any atom is -0.381 e. The standard InChI is InChI=1S/C16H21N3OS/c1-4-14-16(17-6-1)19(13-5-8-21-11-13)15(18-14)9-12-3-2-7-20-10-12/h1,4,6,12-13H,2-3,5,7-11H2. The predicted molar refractivity (Wildman–Crippen MR) is 85.8 cm³/mol. The van der Waals surface area contributed by atoms with Crippen LogP contribution in [0.1, 0.15) is 31.1 Å². The molecule has 0 aromatic carbocycles. The van der Waals surface area contributed by atoms with E-state index in [9.17, 15) is 0 Å². The average Bonchev–Trinajstić information content (AvgIpc) is 3.14. The van der Waals surface area contributed by atoms with Gasteiger partial charge >= 0.3 is 0 Å². The van der Waals surface area contributed by atoms with E-state index < -0.39 is 0 Å². The van der Waals surface area contributed by atoms with Gasteiger partial charge in [0.25, 0.3) is 0 Å². The Morgan fingerprint density at radius 1 is 1.38 bits per heavy atom. The molecule has 2 aromatic rings. The molecule has 4 heterocycles. The Balaban J connectivity index is 1.70. The van der Waals surface area contributed by atoms with Crippen molar-refractivity contribution in [2.24, 2.45) is 5.92 Å². The van der Waals surface area contributed by atoms with Crippen molar-refractivity contribution < 1.29 is 4.74 Å². The fraction of sp³-hybridized carbons (Fsp3) is 0.625. The molecule has 0 N–H and O–H groups in total. The van der Waals surface area contributed by atoms with Crippen molar-refractivity contribution in [3.05, 3.63) is 24.2 Å². The second-order valence-corrected chi connectivity index (χ2v) is 7.20. The molecule has 21 heavy (non-hydrogen) atoms. The highest BCUT2D eigenvalue weighted by atomic mass is 32.2. The third-order valence-corrected chi connectivity index (χ3v) is 5.66. The number of hydrogen-bond acceptors (Lipinski definition) is 4. The molecule has 0 bridgehead atoms. The highest BCUT2D eigenvalue weighted by molar-refractivity contribution is 7.99. The van der Waals surface area contributed by atoms with Gasteiger partial charge in [0.2, 0.25) is 0 Å². The van der Waals surface area contributed by atoms with E-state index in [4.69, 9.17) is 9.72 Å². The van der Waals surface area contributed by atoms with Crippen LogP contribution in [0, 0.1) is 5.92 Å². The lowest BCUT2D eigenvalue weighted by Gasteiger charge is -2.23. The first-order valence-corrected chi connectivity index (χ1v) is 9.04. The first-order valence-electron chi connectivity index (χ1n) is 7.89. The summed E-state index contributed by atoms with van der Waals surface area (Å²) in [7, 11) is 0. The molecule has 2 saturated heterocycles. The van der Waals surface area contributed by atoms with Crippen LogP contribution in [0.15, 0.2) is 18.3 Å². The van der Waals surface area contributed by atoms with Gasteiger partial charge in [0.15, 0.2) is 5.65 Å². The molecular formula is C16H21N3OS. The first kappa shape index (κ1) is 13.6. The summed E-state index contributed by atoms with van der Waals surface area (Å²) < 4.78 is 8.06. The maximum Gasteiger partial charge on any atom is 0.160 e. The minimum atomic E-state index is 0.564. The van der Waals surface area contributed by atoms with Gasteiger partial charge in [-0.2, -0.15) is 11.8 Å². The fourth-order valence-corrected chi connectivity index (χ4v) is 4.65. The summed E-state index contributed by atoms with van der Waals surface area (Å²) in [5.41, 5.74) is 2.11. The third-order valence-electron chi connectivity index (χ3n) is 4.52. The molecule has 4 nitrogen and oxygen atoms in total. The lowest BCUT2D eigenvalue weighted by atomic mass is 9.98. The van der Waals surface area contributed by atoms with Gasteiger partial charge in [0.05, 0.1) is 0 Å². The van der Waals surface area contributed by atoms with E-state index >= 15 is 0 Å². The van der Waals surface area contributed by atoms with E-state index in [1.165, 1.54) is 36.6 Å². The van der Waals surface area contributed by atoms with Crippen LogP contribution in [-0.4, -0.2) is 39.3 Å². The van der Waals surface area contributed by atoms with Gasteiger partial charge in [0, 0.05) is 37.6 Å². The Morgan fingerprint density at radius 3 is 3.19 bits per heavy atom. The molecule has 0 aliphatic carbocycles. The van der Waals surface area contributed by atoms with Crippen LogP contribution in [-0.2, 0) is 11.2 Å². The van der Waals surface area contributed by atoms with E-state index in [0.29, 0.717) is 12.0 Å². The number of pyridine rings is 1. The number of rotatable bonds is 3. The number of ether oxygens (including phenoxy) is 1. The zero-order valence-corrected chi connectivity index (χ0v) is 13.0. The number of thioether (sulfide) groups is 1. The normalized spacial score (nSPS) is 26.5. The molecule has 0 radical (unpaired) electrons. The Bertz CT molecular complexity index is 615. The van der Waals surface area contributed by atoms with E-state index in [0.717, 1.165) is 30.8 Å². The summed E-state index contributed by atoms with van der Waals surface area (Å²) in [6.45, 7) is 1.81. The molecule has 2 aliphatic heterocycles. The van der Waals surface area contributed by atoms with E-state index in [1.54, 1.807) is 0 Å². The maximum absolute atomic E-state index is 5.64. The zero-order valence-electron chi connectivity index (χ0n) is 12.2. The second-order valence-electron chi connectivity index (χ2n) is 6.05. The fourth-order valence-electron chi connectivity index (χ4n) is 3.46. The summed E-state index contributed by atoms with van der Waals surface area (Å²) in [6, 6.07) is 4.63. The molecule has 0 amide bonds. The Kier molecular flexibility index (Phi) is 3.86. The summed E-state index contributed by atoms with van der Waals surface area (Å²) in [5, 5.41) is 0. The van der Waals surface area contributed by atoms with Crippen molar-refractivity contribution in [3.63, 3.8) is 0 Å². The van der Waals surface area contributed by atoms with Crippen LogP contribution in [0.4, 0.5) is 0 Å². The van der Waals surface area contributed by atoms with Crippen LogP contribution in [0.5, 0.6) is 0 Å². The molecule has 2 aromatic heterocycles. The second kappa shape index (κ2) is 5.97. The highest BCUT2D eigenvalue weighted by Crippen LogP contribution is 2.32. The lowest BCUT2D eigenvalue weighted by molar-refractivity contribution is 0.0539. The van der Waals surface area contributed by atoms with Crippen LogP contribution in [0.2, 0.25) is 0 Å². The van der Waals surface area contributed by atoms with Gasteiger partial charge in [-0.3, -0.25) is 0 Å². The quantitative estimate of drug-likeness (QED) is 0.873. The smallest absolute Gasteiger partial charge is 0.160 e. The average molecular weight is 303 g/mol. The molecular weight excluding hydrogens is 282 g/mol. The van der Waals surface area contributed by atoms with Gasteiger partial charge in [-0.25, -0.2) is 9.97 Å². The predicted octanol–water partition coefficient (Wildman–Crippen LogP) is 3.08. The monoisotopic (exact) mass is 303 g/mol. The molecule has 112 valence electrons. The number of fused-ring (bicyclic) bond motifs is 1. The molecule has 2 fully saturated rings. The summed E-state index contributed by atoms with van der Waals surface area (Å²) in [5.74, 6) is 4.27. The minimum absolute atomic E-state index is 0.564. The highest BCUT2D eigenvalue weighted by Gasteiger charge is 2.25. The molecule has 2 aliphatic rings. The largest absolute Gasteiger partial charge is 0.381 e. The van der Waals surface area contributed by atoms with Crippen molar-refractivity contribution >= 4 is 22.9 Å². The Hall–Kier alpha value is -1.07. The summed E-state index contributed by atoms with van der Waals surface area (Å²) >= 11 is 2.04. The van der Waals surface area contributed by atoms with E-state index in [2.05, 4.69) is 15.6 Å². The van der Waals surface area contributed by atoms with Gasteiger partial charge in [-0.1, -0.05) is 0 Å². The molecule has 0 spiro atoms. The summed E-state index contributed by atoms with van der Waals surface area (Å²) in [6.07, 6.45) is 6.59. The van der Waals surface area contributed by atoms with Gasteiger partial charge in [0.1, 0.15) is 11.3 Å². The molecule has 0 saturated carbocycles. The van der Waals surface area contributed by atoms with Crippen molar-refractivity contribution in [1.82, 2.24) is 14.5 Å². The SMILES string of the molecule is c1cnc2c(c1)nc(CC1CCCOC1)n2C1CCSC1. The van der Waals surface area contributed by atoms with Crippen molar-refractivity contribution in [2.75, 3.05) is 24.7 Å². The van der Waals surface area contributed by atoms with Gasteiger partial charge in [-0.05, 0) is 43.1 Å². The van der Waals surface area contributed by atoms with Gasteiger partial charge < -0.3 is 9.30 Å². The van der Waals surface area contributed by atoms with Crippen LogP contribution >= 0.6 is 11.8 Å². The van der Waals surface area contributed by atoms with E-state index in [-0.39, 0.29) is 0 Å². The molecule has 5 heteroatoms. The van der Waals surface area contributed by atoms with Crippen molar-refractivity contribution in [3.8, 4) is 0 Å². The Morgan fingerprint density at radius 2 is 2.38 bits per heavy atom. The van der Waals surface area contributed by atoms with E-state index in [1.807, 2.05) is 24.0 Å². The number of nitrogens with zero attached hydrogens (tertiary/aromatic N) is 3. The van der Waals surface area contributed by atoms with Crippen LogP contribution < -0.4 is 0 Å². The topological polar surface area (TPSA) is 39.9 Å². The molecule has 2 atom stereocenters. The molecule has 4 rings (SSSR count). The maximum atomic E-state index is 5.64.